The van der Waals surface area contributed by atoms with Crippen molar-refractivity contribution in [1.29, 1.82) is 0 Å². The predicted octanol–water partition coefficient (Wildman–Crippen LogP) is 3.06. The average Bonchev–Trinajstić information content (AvgIpc) is 2.10. The smallest absolute Gasteiger partial charge is 0.0465 e. The molecule has 12 heavy (non-hydrogen) atoms. The molecule has 1 heteroatoms. The van der Waals surface area contributed by atoms with E-state index in [9.17, 15) is 0 Å². The standard InChI is InChI=1S/C11H20O/c1-2-3-4-5-6-7-8-9-10-11-12/h6-9,12H,2-5,10-11H2,1H3/b7-6+,9-8+. The van der Waals surface area contributed by atoms with Crippen molar-refractivity contribution in [2.24, 2.45) is 0 Å². The van der Waals surface area contributed by atoms with E-state index in [0.717, 1.165) is 6.42 Å². The maximum absolute atomic E-state index is 8.46. The van der Waals surface area contributed by atoms with Gasteiger partial charge < -0.3 is 5.11 Å². The van der Waals surface area contributed by atoms with E-state index in [1.54, 1.807) is 0 Å². The third-order valence-corrected chi connectivity index (χ3v) is 1.65. The Kier molecular flexibility index (Phi) is 9.95. The number of unbranched alkanes of at least 4 members (excludes halogenated alkanes) is 3. The summed E-state index contributed by atoms with van der Waals surface area (Å²) in [6, 6.07) is 0. The minimum absolute atomic E-state index is 0.250. The molecule has 0 saturated heterocycles. The molecule has 0 saturated carbocycles. The molecule has 0 rings (SSSR count). The molecule has 0 unspecified atom stereocenters. The fourth-order valence-electron chi connectivity index (χ4n) is 0.936. The minimum atomic E-state index is 0.250. The SMILES string of the molecule is CCCCC/C=C/C=C/CCO. The first-order valence-corrected chi connectivity index (χ1v) is 4.84. The van der Waals surface area contributed by atoms with E-state index >= 15 is 0 Å². The van der Waals surface area contributed by atoms with Crippen LogP contribution in [-0.4, -0.2) is 11.7 Å². The van der Waals surface area contributed by atoms with E-state index < -0.39 is 0 Å². The van der Waals surface area contributed by atoms with Crippen molar-refractivity contribution in [2.75, 3.05) is 6.61 Å². The van der Waals surface area contributed by atoms with Gasteiger partial charge in [0.2, 0.25) is 0 Å². The van der Waals surface area contributed by atoms with Gasteiger partial charge in [0, 0.05) is 6.61 Å². The summed E-state index contributed by atoms with van der Waals surface area (Å²) in [6.07, 6.45) is 14.1. The highest BCUT2D eigenvalue weighted by Gasteiger charge is 1.79. The molecular weight excluding hydrogens is 148 g/mol. The van der Waals surface area contributed by atoms with Crippen LogP contribution < -0.4 is 0 Å². The van der Waals surface area contributed by atoms with Crippen LogP contribution in [0.25, 0.3) is 0 Å². The number of hydrogen-bond acceptors (Lipinski definition) is 1. The molecule has 1 N–H and O–H groups in total. The molecule has 0 spiro atoms. The maximum atomic E-state index is 8.46. The number of allylic oxidation sites excluding steroid dienone is 3. The van der Waals surface area contributed by atoms with Crippen molar-refractivity contribution in [2.45, 2.75) is 39.0 Å². The van der Waals surface area contributed by atoms with Crippen LogP contribution in [0.4, 0.5) is 0 Å². The lowest BCUT2D eigenvalue weighted by Crippen LogP contribution is -1.74. The van der Waals surface area contributed by atoms with Crippen molar-refractivity contribution < 1.29 is 5.11 Å². The molecule has 0 aromatic carbocycles. The van der Waals surface area contributed by atoms with E-state index in [-0.39, 0.29) is 6.61 Å². The summed E-state index contributed by atoms with van der Waals surface area (Å²) >= 11 is 0. The second kappa shape index (κ2) is 10.4. The second-order valence-corrected chi connectivity index (χ2v) is 2.86. The number of aliphatic hydroxyl groups excluding tert-OH is 1. The van der Waals surface area contributed by atoms with Crippen LogP contribution in [0.1, 0.15) is 39.0 Å². The van der Waals surface area contributed by atoms with Gasteiger partial charge in [0.05, 0.1) is 0 Å². The van der Waals surface area contributed by atoms with Crippen molar-refractivity contribution in [3.63, 3.8) is 0 Å². The summed E-state index contributed by atoms with van der Waals surface area (Å²) in [7, 11) is 0. The van der Waals surface area contributed by atoms with Gasteiger partial charge in [-0.05, 0) is 19.3 Å². The van der Waals surface area contributed by atoms with Crippen LogP contribution in [0, 0.1) is 0 Å². The molecule has 0 radical (unpaired) electrons. The molecule has 0 atom stereocenters. The highest BCUT2D eigenvalue weighted by molar-refractivity contribution is 5.02. The zero-order chi connectivity index (χ0) is 9.07. The zero-order valence-electron chi connectivity index (χ0n) is 8.00. The Labute approximate surface area is 75.8 Å². The lowest BCUT2D eigenvalue weighted by atomic mass is 10.2. The van der Waals surface area contributed by atoms with Gasteiger partial charge in [0.25, 0.3) is 0 Å². The van der Waals surface area contributed by atoms with Crippen LogP contribution >= 0.6 is 0 Å². The zero-order valence-corrected chi connectivity index (χ0v) is 8.00. The minimum Gasteiger partial charge on any atom is -0.396 e. The fraction of sp³-hybridized carbons (Fsp3) is 0.636. The molecule has 0 fully saturated rings. The van der Waals surface area contributed by atoms with Gasteiger partial charge in [0.15, 0.2) is 0 Å². The van der Waals surface area contributed by atoms with Gasteiger partial charge in [-0.2, -0.15) is 0 Å². The summed E-state index contributed by atoms with van der Waals surface area (Å²) in [6.45, 7) is 2.46. The van der Waals surface area contributed by atoms with Crippen molar-refractivity contribution in [3.8, 4) is 0 Å². The predicted molar refractivity (Wildman–Crippen MR) is 54.1 cm³/mol. The molecule has 70 valence electrons. The Balaban J connectivity index is 3.13. The quantitative estimate of drug-likeness (QED) is 0.457. The van der Waals surface area contributed by atoms with Gasteiger partial charge in [-0.1, -0.05) is 44.1 Å². The van der Waals surface area contributed by atoms with E-state index in [2.05, 4.69) is 19.1 Å². The lowest BCUT2D eigenvalue weighted by molar-refractivity contribution is 0.302. The lowest BCUT2D eigenvalue weighted by Gasteiger charge is -1.89. The van der Waals surface area contributed by atoms with Crippen molar-refractivity contribution in [1.82, 2.24) is 0 Å². The largest absolute Gasteiger partial charge is 0.396 e. The highest BCUT2D eigenvalue weighted by Crippen LogP contribution is 1.99. The highest BCUT2D eigenvalue weighted by atomic mass is 16.2. The van der Waals surface area contributed by atoms with E-state index in [4.69, 9.17) is 5.11 Å². The van der Waals surface area contributed by atoms with Gasteiger partial charge >= 0.3 is 0 Å². The molecule has 0 amide bonds. The van der Waals surface area contributed by atoms with Crippen LogP contribution in [0.2, 0.25) is 0 Å². The Hall–Kier alpha value is -0.560. The Bertz CT molecular complexity index is 125. The monoisotopic (exact) mass is 168 g/mol. The molecule has 0 aliphatic heterocycles. The third kappa shape index (κ3) is 9.44. The molecule has 1 nitrogen and oxygen atoms in total. The van der Waals surface area contributed by atoms with Gasteiger partial charge in [-0.25, -0.2) is 0 Å². The second-order valence-electron chi connectivity index (χ2n) is 2.86. The average molecular weight is 168 g/mol. The van der Waals surface area contributed by atoms with E-state index in [1.165, 1.54) is 25.7 Å². The van der Waals surface area contributed by atoms with Crippen LogP contribution in [0.3, 0.4) is 0 Å². The Morgan fingerprint density at radius 1 is 1.00 bits per heavy atom. The Morgan fingerprint density at radius 3 is 2.25 bits per heavy atom. The number of rotatable bonds is 7. The molecular formula is C11H20O. The first-order valence-electron chi connectivity index (χ1n) is 4.84. The summed E-state index contributed by atoms with van der Waals surface area (Å²) in [4.78, 5) is 0. The number of aliphatic hydroxyl groups is 1. The molecule has 0 bridgehead atoms. The van der Waals surface area contributed by atoms with Crippen LogP contribution in [0.5, 0.6) is 0 Å². The van der Waals surface area contributed by atoms with Gasteiger partial charge in [-0.15, -0.1) is 0 Å². The first kappa shape index (κ1) is 11.4. The van der Waals surface area contributed by atoms with Crippen LogP contribution in [-0.2, 0) is 0 Å². The third-order valence-electron chi connectivity index (χ3n) is 1.65. The summed E-state index contributed by atoms with van der Waals surface area (Å²) in [5.41, 5.74) is 0. The summed E-state index contributed by atoms with van der Waals surface area (Å²) in [5, 5.41) is 8.46. The van der Waals surface area contributed by atoms with E-state index in [0.29, 0.717) is 0 Å². The summed E-state index contributed by atoms with van der Waals surface area (Å²) < 4.78 is 0. The molecule has 0 aromatic rings. The first-order chi connectivity index (χ1) is 5.91. The molecule has 0 heterocycles. The molecule has 0 aromatic heterocycles. The topological polar surface area (TPSA) is 20.2 Å². The van der Waals surface area contributed by atoms with E-state index in [1.807, 2.05) is 12.2 Å². The van der Waals surface area contributed by atoms with Crippen LogP contribution in [0.15, 0.2) is 24.3 Å². The van der Waals surface area contributed by atoms with Crippen molar-refractivity contribution in [3.05, 3.63) is 24.3 Å². The molecule has 0 aliphatic carbocycles. The maximum Gasteiger partial charge on any atom is 0.0465 e. The summed E-state index contributed by atoms with van der Waals surface area (Å²) in [5.74, 6) is 0. The normalized spacial score (nSPS) is 11.8. The van der Waals surface area contributed by atoms with Crippen molar-refractivity contribution >= 4 is 0 Å². The number of hydrogen-bond donors (Lipinski definition) is 1. The fourth-order valence-corrected chi connectivity index (χ4v) is 0.936. The molecule has 0 aliphatic rings. The van der Waals surface area contributed by atoms with Gasteiger partial charge in [0.1, 0.15) is 0 Å². The Morgan fingerprint density at radius 2 is 1.67 bits per heavy atom. The van der Waals surface area contributed by atoms with Gasteiger partial charge in [-0.3, -0.25) is 0 Å².